The van der Waals surface area contributed by atoms with Gasteiger partial charge in [-0.05, 0) is 6.92 Å². The number of hydrogen-bond acceptors (Lipinski definition) is 7. The second-order valence-corrected chi connectivity index (χ2v) is 6.48. The minimum atomic E-state index is -0.284. The van der Waals surface area contributed by atoms with Gasteiger partial charge < -0.3 is 21.3 Å². The van der Waals surface area contributed by atoms with Gasteiger partial charge >= 0.3 is 0 Å². The van der Waals surface area contributed by atoms with Crippen molar-refractivity contribution < 1.29 is 9.32 Å². The maximum Gasteiger partial charge on any atom is 0.230 e. The molecule has 0 aliphatic carbocycles. The summed E-state index contributed by atoms with van der Waals surface area (Å²) in [5.41, 5.74) is 12.2. The number of aromatic nitrogens is 3. The van der Waals surface area contributed by atoms with Crippen molar-refractivity contribution in [2.75, 3.05) is 11.1 Å². The number of hydrogen-bond donors (Lipinski definition) is 3. The number of nitrogens with two attached hydrogens (primary N) is 2. The molecule has 8 nitrogen and oxygen atoms in total. The number of amides is 1. The topological polar surface area (TPSA) is 133 Å². The highest BCUT2D eigenvalue weighted by Gasteiger charge is 2.19. The first-order chi connectivity index (χ1) is 10.7. The number of nitrogens with one attached hydrogen (secondary N) is 1. The van der Waals surface area contributed by atoms with Gasteiger partial charge in [0.15, 0.2) is 11.6 Å². The highest BCUT2D eigenvalue weighted by Crippen LogP contribution is 2.22. The largest absolute Gasteiger partial charge is 0.382 e. The van der Waals surface area contributed by atoms with Gasteiger partial charge in [0.25, 0.3) is 0 Å². The van der Waals surface area contributed by atoms with Crippen LogP contribution in [0.5, 0.6) is 0 Å². The third kappa shape index (κ3) is 4.26. The molecule has 8 heteroatoms. The predicted molar refractivity (Wildman–Crippen MR) is 86.6 cm³/mol. The van der Waals surface area contributed by atoms with E-state index in [9.17, 15) is 4.79 Å². The molecule has 0 unspecified atom stereocenters. The summed E-state index contributed by atoms with van der Waals surface area (Å²) in [5.74, 6) is 1.10. The van der Waals surface area contributed by atoms with Gasteiger partial charge in [-0.25, -0.2) is 9.97 Å². The molecule has 2 heterocycles. The van der Waals surface area contributed by atoms with Gasteiger partial charge in [-0.15, -0.1) is 0 Å². The second kappa shape index (κ2) is 6.33. The molecule has 124 valence electrons. The lowest BCUT2D eigenvalue weighted by atomic mass is 9.96. The Balaban J connectivity index is 2.05. The Morgan fingerprint density at radius 3 is 2.65 bits per heavy atom. The van der Waals surface area contributed by atoms with Crippen LogP contribution in [0.4, 0.5) is 11.5 Å². The molecule has 0 spiro atoms. The molecule has 2 aromatic heterocycles. The molecule has 0 aliphatic rings. The molecule has 2 aromatic rings. The molecular weight excluding hydrogens is 296 g/mol. The standard InChI is InChI=1S/C15H22N6O2/c1-8(16)11-5-9(21-23-11)6-12(22)19-10-7-18-14(15(2,3)4)20-13(10)17/h5,7-8H,6,16H2,1-4H3,(H,19,22)(H2,17,18,20)/t8-/m1/s1. The first-order valence-electron chi connectivity index (χ1n) is 7.30. The minimum Gasteiger partial charge on any atom is -0.382 e. The second-order valence-electron chi connectivity index (χ2n) is 6.48. The average Bonchev–Trinajstić information content (AvgIpc) is 2.88. The zero-order chi connectivity index (χ0) is 17.2. The Bertz CT molecular complexity index is 702. The fraction of sp³-hybridized carbons (Fsp3) is 0.467. The monoisotopic (exact) mass is 318 g/mol. The smallest absolute Gasteiger partial charge is 0.230 e. The molecule has 0 saturated heterocycles. The summed E-state index contributed by atoms with van der Waals surface area (Å²) in [6, 6.07) is 1.39. The summed E-state index contributed by atoms with van der Waals surface area (Å²) >= 11 is 0. The molecule has 1 atom stereocenters. The SMILES string of the molecule is C[C@@H](N)c1cc(CC(=O)Nc2cnc(C(C)(C)C)nc2N)no1. The lowest BCUT2D eigenvalue weighted by molar-refractivity contribution is -0.115. The van der Waals surface area contributed by atoms with Crippen LogP contribution in [0, 0.1) is 0 Å². The van der Waals surface area contributed by atoms with Crippen LogP contribution in [0.15, 0.2) is 16.8 Å². The van der Waals surface area contributed by atoms with Crippen LogP contribution in [0.1, 0.15) is 51.0 Å². The number of carbonyl (C=O) groups is 1. The van der Waals surface area contributed by atoms with Crippen molar-refractivity contribution in [3.63, 3.8) is 0 Å². The summed E-state index contributed by atoms with van der Waals surface area (Å²) in [4.78, 5) is 20.5. The first-order valence-corrected chi connectivity index (χ1v) is 7.30. The molecule has 0 saturated carbocycles. The van der Waals surface area contributed by atoms with Crippen molar-refractivity contribution in [3.8, 4) is 0 Å². The van der Waals surface area contributed by atoms with Crippen LogP contribution >= 0.6 is 0 Å². The van der Waals surface area contributed by atoms with Crippen molar-refractivity contribution >= 4 is 17.4 Å². The minimum absolute atomic E-state index is 0.0523. The van der Waals surface area contributed by atoms with E-state index in [0.717, 1.165) is 0 Å². The highest BCUT2D eigenvalue weighted by molar-refractivity contribution is 5.94. The van der Waals surface area contributed by atoms with E-state index in [4.69, 9.17) is 16.0 Å². The number of carbonyl (C=O) groups excluding carboxylic acids is 1. The van der Waals surface area contributed by atoms with Crippen LogP contribution in [0.3, 0.4) is 0 Å². The lowest BCUT2D eigenvalue weighted by Gasteiger charge is -2.17. The van der Waals surface area contributed by atoms with Crippen molar-refractivity contribution in [1.29, 1.82) is 0 Å². The third-order valence-electron chi connectivity index (χ3n) is 3.13. The molecule has 5 N–H and O–H groups in total. The van der Waals surface area contributed by atoms with Gasteiger partial charge in [-0.2, -0.15) is 0 Å². The molecule has 0 fully saturated rings. The van der Waals surface area contributed by atoms with Gasteiger partial charge in [0, 0.05) is 11.5 Å². The average molecular weight is 318 g/mol. The molecule has 0 bridgehead atoms. The lowest BCUT2D eigenvalue weighted by Crippen LogP contribution is -2.20. The maximum absolute atomic E-state index is 12.1. The normalized spacial score (nSPS) is 12.9. The molecule has 0 aliphatic heterocycles. The van der Waals surface area contributed by atoms with Crippen molar-refractivity contribution in [3.05, 3.63) is 29.5 Å². The quantitative estimate of drug-likeness (QED) is 0.778. The van der Waals surface area contributed by atoms with E-state index in [1.54, 1.807) is 13.0 Å². The Hall–Kier alpha value is -2.48. The van der Waals surface area contributed by atoms with Crippen molar-refractivity contribution in [1.82, 2.24) is 15.1 Å². The first kappa shape index (κ1) is 16.9. The summed E-state index contributed by atoms with van der Waals surface area (Å²) in [7, 11) is 0. The summed E-state index contributed by atoms with van der Waals surface area (Å²) in [6.45, 7) is 7.74. The fourth-order valence-electron chi connectivity index (χ4n) is 1.84. The Morgan fingerprint density at radius 2 is 2.13 bits per heavy atom. The van der Waals surface area contributed by atoms with E-state index >= 15 is 0 Å². The Kier molecular flexibility index (Phi) is 4.65. The van der Waals surface area contributed by atoms with Gasteiger partial charge in [0.2, 0.25) is 5.91 Å². The van der Waals surface area contributed by atoms with Crippen molar-refractivity contribution in [2.45, 2.75) is 45.6 Å². The zero-order valence-corrected chi connectivity index (χ0v) is 13.8. The fourth-order valence-corrected chi connectivity index (χ4v) is 1.84. The highest BCUT2D eigenvalue weighted by atomic mass is 16.5. The predicted octanol–water partition coefficient (Wildman–Crippen LogP) is 1.55. The molecule has 1 amide bonds. The number of anilines is 2. The van der Waals surface area contributed by atoms with E-state index in [1.165, 1.54) is 6.20 Å². The van der Waals surface area contributed by atoms with E-state index in [-0.39, 0.29) is 29.6 Å². The number of rotatable bonds is 4. The van der Waals surface area contributed by atoms with Crippen molar-refractivity contribution in [2.24, 2.45) is 5.73 Å². The van der Waals surface area contributed by atoms with Crippen LogP contribution in [-0.4, -0.2) is 21.0 Å². The van der Waals surface area contributed by atoms with Crippen LogP contribution in [0.2, 0.25) is 0 Å². The zero-order valence-electron chi connectivity index (χ0n) is 13.8. The van der Waals surface area contributed by atoms with Gasteiger partial charge in [-0.1, -0.05) is 25.9 Å². The van der Waals surface area contributed by atoms with E-state index in [0.29, 0.717) is 23.0 Å². The molecule has 0 aromatic carbocycles. The van der Waals surface area contributed by atoms with E-state index in [1.807, 2.05) is 20.8 Å². The molecule has 23 heavy (non-hydrogen) atoms. The van der Waals surface area contributed by atoms with Gasteiger partial charge in [0.05, 0.1) is 24.4 Å². The Morgan fingerprint density at radius 1 is 1.43 bits per heavy atom. The van der Waals surface area contributed by atoms with E-state index in [2.05, 4.69) is 20.4 Å². The van der Waals surface area contributed by atoms with Crippen LogP contribution in [0.25, 0.3) is 0 Å². The number of nitrogens with zero attached hydrogens (tertiary/aromatic N) is 3. The maximum atomic E-state index is 12.1. The third-order valence-corrected chi connectivity index (χ3v) is 3.13. The molecule has 0 radical (unpaired) electrons. The van der Waals surface area contributed by atoms with Crippen LogP contribution < -0.4 is 16.8 Å². The summed E-state index contributed by atoms with van der Waals surface area (Å²) in [5, 5.41) is 6.48. The van der Waals surface area contributed by atoms with Gasteiger partial charge in [0.1, 0.15) is 11.5 Å². The molecule has 2 rings (SSSR count). The van der Waals surface area contributed by atoms with Gasteiger partial charge in [-0.3, -0.25) is 4.79 Å². The number of nitrogen functional groups attached to an aromatic ring is 1. The van der Waals surface area contributed by atoms with E-state index < -0.39 is 0 Å². The summed E-state index contributed by atoms with van der Waals surface area (Å²) < 4.78 is 5.05. The Labute approximate surface area is 134 Å². The summed E-state index contributed by atoms with van der Waals surface area (Å²) in [6.07, 6.45) is 1.56. The van der Waals surface area contributed by atoms with Crippen LogP contribution in [-0.2, 0) is 16.6 Å². The molecular formula is C15H22N6O2.